The third-order valence-electron chi connectivity index (χ3n) is 22.2. The standard InChI is InChI=1S/C20H17N3O2S.C16H26N4OS.C14H13N3S.C13H10FN3S.C12H8BrN3OS.C12H8ClN3OS.C11H8N4OS.CH4/c1-12-10-14(8-9-16(12)25-2)17-15(24)11-23-19(17)21-18(22-20(23)26)13-6-4-3-5-7-13;1-2-3-4-5-6-7-8-9-10-11-13-17-14-12-15(21)19-20(14)16(22)18-13;1-9-3-5-11(6-4-9)13-8-12-7-10(2)16-17(12)14(18)15-13;1-8-6-9-7-12(15-13(18)17(9)16-8)10-4-2-3-5-11(10)14;13-8-3-1-2-7(4-8)10-5-9-6-11(17)15-16(9)12(18)14-10;13-9-4-2-1-3-8(9)10-5-7-6-11(17)15-16(7)12(18)14-10;16-9-6-8-12-10(7-4-2-1-3-5-7)13-11(17)15(8)14-9;/h3-10,24H,11H2,1-2H3;12H,2-11H2,1H3,(H,19,21)(H,17,18,22);3-7,16H,2,8H2,1H3;2-6,16H,1,7H2;2*1-4,6H,5H2,(H,15,17);1-6H,(H,14,16)(H,12,13,17);1H4. The van der Waals surface area contributed by atoms with E-state index in [4.69, 9.17) is 107 Å². The number of thiocarbonyl (C=S) groups is 4. The van der Waals surface area contributed by atoms with Crippen LogP contribution in [0.5, 0.6) is 5.75 Å². The number of rotatable bonds is 18. The number of aryl methyl sites for hydroxylation is 3. The first-order valence-corrected chi connectivity index (χ1v) is 47.6. The van der Waals surface area contributed by atoms with Crippen LogP contribution in [0.2, 0.25) is 5.02 Å². The summed E-state index contributed by atoms with van der Waals surface area (Å²) < 4.78 is 29.0. The van der Waals surface area contributed by atoms with Gasteiger partial charge in [-0.3, -0.25) is 55.0 Å². The van der Waals surface area contributed by atoms with Crippen molar-refractivity contribution < 1.29 is 14.2 Å². The van der Waals surface area contributed by atoms with Gasteiger partial charge in [-0.05, 0) is 177 Å². The maximum atomic E-state index is 13.7. The molecule has 39 heteroatoms. The van der Waals surface area contributed by atoms with Crippen LogP contribution in [-0.4, -0.2) is 139 Å². The molecule has 7 aliphatic rings. The monoisotopic (exact) mass is 2060 g/mol. The lowest BCUT2D eigenvalue weighted by molar-refractivity contribution is 0.386. The van der Waals surface area contributed by atoms with Crippen LogP contribution in [0, 0.1) is 34.0 Å². The number of unbranched alkanes of at least 4 members (excludes halogenated alkanes) is 8. The van der Waals surface area contributed by atoms with Crippen molar-refractivity contribution in [3.63, 3.8) is 0 Å². The summed E-state index contributed by atoms with van der Waals surface area (Å²) >= 11 is 46.1. The highest BCUT2D eigenvalue weighted by molar-refractivity contribution is 9.10. The van der Waals surface area contributed by atoms with Gasteiger partial charge in [-0.15, -0.1) is 0 Å². The number of aliphatic hydroxyl groups excluding tert-OH is 1. The number of methoxy groups -OCH3 is 1. The second-order valence-corrected chi connectivity index (χ2v) is 36.0. The van der Waals surface area contributed by atoms with E-state index in [0.717, 1.165) is 126 Å². The van der Waals surface area contributed by atoms with Crippen molar-refractivity contribution in [1.29, 1.82) is 0 Å². The lowest BCUT2D eigenvalue weighted by Crippen LogP contribution is -2.38. The Kier molecular flexibility index (Phi) is 33.3. The number of benzene rings is 7. The maximum Gasteiger partial charge on any atom is 0.266 e. The summed E-state index contributed by atoms with van der Waals surface area (Å²) in [5, 5.41) is 26.8. The number of hydrazine groups is 2. The molecule has 0 spiro atoms. The van der Waals surface area contributed by atoms with E-state index < -0.39 is 0 Å². The molecule has 0 fully saturated rings. The highest BCUT2D eigenvalue weighted by Gasteiger charge is 2.32. The molecule has 0 saturated heterocycles. The lowest BCUT2D eigenvalue weighted by Gasteiger charge is -2.26. The fraction of sp³-hybridized carbons (Fsp3) is 0.202. The first-order valence-electron chi connectivity index (χ1n) is 43.5. The molecule has 0 radical (unpaired) electrons. The molecule has 14 aromatic rings. The fourth-order valence-corrected chi connectivity index (χ4v) is 18.0. The Balaban J connectivity index is 0.000000129. The van der Waals surface area contributed by atoms with Crippen LogP contribution in [0.1, 0.15) is 147 Å². The zero-order valence-corrected chi connectivity index (χ0v) is 82.5. The van der Waals surface area contributed by atoms with E-state index in [1.807, 2.05) is 145 Å². The first-order chi connectivity index (χ1) is 66.1. The van der Waals surface area contributed by atoms with Gasteiger partial charge < -0.3 is 19.8 Å². The van der Waals surface area contributed by atoms with Crippen molar-refractivity contribution in [2.24, 2.45) is 20.0 Å². The second kappa shape index (κ2) is 45.9. The molecule has 0 unspecified atom stereocenters. The second-order valence-electron chi connectivity index (χ2n) is 32.1. The van der Waals surface area contributed by atoms with E-state index in [9.17, 15) is 28.7 Å². The summed E-state index contributed by atoms with van der Waals surface area (Å²) in [5.74, 6) is 3.46. The van der Waals surface area contributed by atoms with Crippen molar-refractivity contribution >= 4 is 173 Å². The Morgan fingerprint density at radius 3 is 1.59 bits per heavy atom. The predicted molar refractivity (Wildman–Crippen MR) is 569 cm³/mol. The van der Waals surface area contributed by atoms with Gasteiger partial charge in [-0.25, -0.2) is 67.7 Å². The molecule has 21 rings (SSSR count). The number of aromatic amines is 6. The van der Waals surface area contributed by atoms with Crippen molar-refractivity contribution in [3.05, 3.63) is 387 Å². The Bertz CT molecular complexity index is 7770. The van der Waals surface area contributed by atoms with Crippen LogP contribution < -0.4 is 37.8 Å². The number of nitrogens with zero attached hydrogens (tertiary/aromatic N) is 15. The summed E-state index contributed by atoms with van der Waals surface area (Å²) in [5.41, 5.74) is 24.4. The average molecular weight is 2060 g/mol. The van der Waals surface area contributed by atoms with E-state index in [1.54, 1.807) is 51.7 Å². The lowest BCUT2D eigenvalue weighted by atomic mass is 10.0. The fourth-order valence-electron chi connectivity index (χ4n) is 15.6. The number of H-pyrrole nitrogens is 6. The summed E-state index contributed by atoms with van der Waals surface area (Å²) in [6.07, 6.45) is 19.0. The molecule has 14 heterocycles. The van der Waals surface area contributed by atoms with Crippen LogP contribution in [0.3, 0.4) is 0 Å². The van der Waals surface area contributed by atoms with Crippen LogP contribution in [0.15, 0.2) is 298 Å². The molecule has 7 aromatic carbocycles. The molecule has 7 aromatic heterocycles. The molecular formula is C99H94BrClFN23O6S7. The number of nitrogens with one attached hydrogen (secondary N) is 8. The van der Waals surface area contributed by atoms with Crippen LogP contribution in [0.4, 0.5) is 4.39 Å². The molecule has 138 heavy (non-hydrogen) atoms. The van der Waals surface area contributed by atoms with Gasteiger partial charge in [-0.1, -0.05) is 251 Å². The minimum absolute atomic E-state index is 0. The summed E-state index contributed by atoms with van der Waals surface area (Å²) in [4.78, 5) is 86.5. The predicted octanol–water partition coefficient (Wildman–Crippen LogP) is 20.2. The van der Waals surface area contributed by atoms with Crippen LogP contribution in [-0.2, 0) is 25.8 Å². The van der Waals surface area contributed by atoms with Gasteiger partial charge >= 0.3 is 0 Å². The van der Waals surface area contributed by atoms with E-state index in [2.05, 4.69) is 143 Å². The Morgan fingerprint density at radius 2 is 0.993 bits per heavy atom. The Hall–Kier alpha value is -13.8. The molecule has 0 saturated carbocycles. The summed E-state index contributed by atoms with van der Waals surface area (Å²) in [7, 11) is 1.64. The van der Waals surface area contributed by atoms with Gasteiger partial charge in [0.05, 0.1) is 64.9 Å². The molecule has 9 N–H and O–H groups in total. The van der Waals surface area contributed by atoms with Gasteiger partial charge in [0, 0.05) is 99.5 Å². The Labute approximate surface area is 842 Å². The molecular weight excluding hydrogens is 1970 g/mol. The third-order valence-corrected chi connectivity index (χ3v) is 25.0. The van der Waals surface area contributed by atoms with E-state index in [1.165, 1.54) is 94.9 Å². The zero-order valence-electron chi connectivity index (χ0n) is 74.4. The zero-order chi connectivity index (χ0) is 96.7. The number of hydrogen-bond acceptors (Lipinski definition) is 19. The van der Waals surface area contributed by atoms with Gasteiger partial charge in [0.25, 0.3) is 22.2 Å². The minimum Gasteiger partial charge on any atom is -0.510 e. The average Bonchev–Trinajstić information content (AvgIpc) is 1.61. The number of ether oxygens (including phenoxy) is 1. The van der Waals surface area contributed by atoms with Crippen LogP contribution in [0.25, 0.3) is 39.6 Å². The molecule has 7 aliphatic heterocycles. The highest BCUT2D eigenvalue weighted by atomic mass is 79.9. The van der Waals surface area contributed by atoms with Crippen LogP contribution >= 0.6 is 113 Å². The largest absolute Gasteiger partial charge is 0.510 e. The third kappa shape index (κ3) is 24.6. The van der Waals surface area contributed by atoms with Gasteiger partial charge in [0.1, 0.15) is 46.1 Å². The smallest absolute Gasteiger partial charge is 0.266 e. The molecule has 29 nitrogen and oxygen atoms in total. The van der Waals surface area contributed by atoms with Crippen molar-refractivity contribution in [3.8, 4) is 28.5 Å². The number of aliphatic imine (C=N–C) groups is 4. The van der Waals surface area contributed by atoms with E-state index >= 15 is 0 Å². The number of halogens is 3. The van der Waals surface area contributed by atoms with E-state index in [0.29, 0.717) is 105 Å². The van der Waals surface area contributed by atoms with Crippen molar-refractivity contribution in [2.75, 3.05) is 7.11 Å². The van der Waals surface area contributed by atoms with E-state index in [-0.39, 0.29) is 47.8 Å². The van der Waals surface area contributed by atoms with Crippen molar-refractivity contribution in [1.82, 2.24) is 94.1 Å². The van der Waals surface area contributed by atoms with Gasteiger partial charge in [0.2, 0.25) is 34.8 Å². The number of aromatic nitrogens is 15. The quantitative estimate of drug-likeness (QED) is 0.0285. The topological polar surface area (TPSA) is 348 Å². The SMILES string of the molecule is C.C=C1C=C2CC(c3ccc(C)cc3)=NC(=S)N2N1.C=C1C=C2CC(c3ccccc3F)=NC(=S)N2N1.CCCCCCCCCCCc1nc(=S)n2[nH]c(=O)cc2[nH]1.COc1ccc(C2=C(O)Cn3c2nc(-c2ccccc2)nc3=S)cc1C.O=c1cc2[nH]c(-c3ccccc3)nc(=S)n2[nH]1.O=c1cc2n([nH]1)C(=S)N=C(c1cccc(Br)c1)C2.O=c1cc2n([nH]1)C(=S)N=C(c1ccccc1Cl)C2. The number of aliphatic hydroxyl groups is 1. The normalized spacial score (nSPS) is 14.1. The molecule has 0 amide bonds. The Morgan fingerprint density at radius 1 is 0.493 bits per heavy atom. The highest BCUT2D eigenvalue weighted by Crippen LogP contribution is 2.36. The minimum atomic E-state index is -0.280. The number of hydrogen-bond donors (Lipinski definition) is 9. The molecule has 0 bridgehead atoms. The maximum absolute atomic E-state index is 13.7. The molecule has 0 atom stereocenters. The van der Waals surface area contributed by atoms with Crippen molar-refractivity contribution in [2.45, 2.75) is 125 Å². The molecule has 704 valence electrons. The van der Waals surface area contributed by atoms with Gasteiger partial charge in [-0.2, -0.15) is 4.98 Å². The summed E-state index contributed by atoms with van der Waals surface area (Å²) in [6, 6.07) is 61.4. The first kappa shape index (κ1) is 100. The molecule has 0 aliphatic carbocycles. The number of allylic oxidation sites excluding steroid dienone is 5. The van der Waals surface area contributed by atoms with Gasteiger partial charge in [0.15, 0.2) is 5.82 Å². The summed E-state index contributed by atoms with van der Waals surface area (Å²) in [6.45, 7) is 14.3. The number of fused-ring (bicyclic) bond motifs is 7.